The molecule has 6 heteroatoms. The largest absolute Gasteiger partial charge is 0.508 e. The molecule has 3 rings (SSSR count). The van der Waals surface area contributed by atoms with Crippen molar-refractivity contribution < 1.29 is 29.6 Å². The molecule has 0 bridgehead atoms. The number of benzene rings is 2. The lowest BCUT2D eigenvalue weighted by molar-refractivity contribution is -0.211. The van der Waals surface area contributed by atoms with Crippen molar-refractivity contribution in [2.75, 3.05) is 6.61 Å². The third-order valence-corrected chi connectivity index (χ3v) is 4.73. The number of hydrogen-bond donors (Lipinski definition) is 3. The molecule has 0 aliphatic carbocycles. The Morgan fingerprint density at radius 2 is 1.80 bits per heavy atom. The summed E-state index contributed by atoms with van der Waals surface area (Å²) < 4.78 is 11.0. The molecule has 134 valence electrons. The molecule has 5 atom stereocenters. The Morgan fingerprint density at radius 1 is 1.12 bits per heavy atom. The molecule has 0 radical (unpaired) electrons. The number of aliphatic hydroxyl groups is 2. The van der Waals surface area contributed by atoms with E-state index in [1.807, 2.05) is 12.1 Å². The first kappa shape index (κ1) is 17.7. The molecular weight excluding hydrogens is 324 g/mol. The molecule has 2 aromatic rings. The van der Waals surface area contributed by atoms with Crippen molar-refractivity contribution >= 4 is 16.7 Å². The first-order valence-corrected chi connectivity index (χ1v) is 8.24. The SMILES string of the molecule is CC(=O)OC[C@H]1O[C@H](c2ccc3cc(O)ccc3c2)[C@@H](O)[C@@H](O)[C@@H]1C. The van der Waals surface area contributed by atoms with Gasteiger partial charge in [0.15, 0.2) is 0 Å². The molecule has 25 heavy (non-hydrogen) atoms. The van der Waals surface area contributed by atoms with Gasteiger partial charge in [-0.05, 0) is 34.5 Å². The molecule has 0 unspecified atom stereocenters. The summed E-state index contributed by atoms with van der Waals surface area (Å²) in [6.07, 6.45) is -3.32. The van der Waals surface area contributed by atoms with Crippen molar-refractivity contribution in [2.45, 2.75) is 38.3 Å². The summed E-state index contributed by atoms with van der Waals surface area (Å²) in [5.74, 6) is -0.610. The van der Waals surface area contributed by atoms with Crippen molar-refractivity contribution in [3.8, 4) is 5.75 Å². The topological polar surface area (TPSA) is 96.2 Å². The summed E-state index contributed by atoms with van der Waals surface area (Å²) in [6.45, 7) is 3.09. The molecule has 1 aliphatic heterocycles. The van der Waals surface area contributed by atoms with Crippen LogP contribution < -0.4 is 0 Å². The van der Waals surface area contributed by atoms with E-state index in [1.165, 1.54) is 6.92 Å². The predicted molar refractivity (Wildman–Crippen MR) is 91.0 cm³/mol. The monoisotopic (exact) mass is 346 g/mol. The zero-order chi connectivity index (χ0) is 18.1. The minimum Gasteiger partial charge on any atom is -0.508 e. The Kier molecular flexibility index (Phi) is 4.94. The van der Waals surface area contributed by atoms with Crippen LogP contribution in [0.15, 0.2) is 36.4 Å². The van der Waals surface area contributed by atoms with Crippen molar-refractivity contribution in [3.63, 3.8) is 0 Å². The predicted octanol–water partition coefficient (Wildman–Crippen LogP) is 1.91. The van der Waals surface area contributed by atoms with Crippen LogP contribution in [0.1, 0.15) is 25.5 Å². The summed E-state index contributed by atoms with van der Waals surface area (Å²) in [4.78, 5) is 11.1. The number of rotatable bonds is 3. The average molecular weight is 346 g/mol. The van der Waals surface area contributed by atoms with Crippen LogP contribution in [0.3, 0.4) is 0 Å². The average Bonchev–Trinajstić information content (AvgIpc) is 2.58. The fourth-order valence-corrected chi connectivity index (χ4v) is 3.20. The lowest BCUT2D eigenvalue weighted by Crippen LogP contribution is -2.51. The number of carbonyl (C=O) groups is 1. The first-order chi connectivity index (χ1) is 11.9. The molecule has 1 saturated heterocycles. The van der Waals surface area contributed by atoms with Gasteiger partial charge in [0.05, 0.1) is 12.2 Å². The second kappa shape index (κ2) is 7.00. The number of aromatic hydroxyl groups is 1. The number of carbonyl (C=O) groups excluding carboxylic acids is 1. The summed E-state index contributed by atoms with van der Waals surface area (Å²) in [7, 11) is 0. The second-order valence-electron chi connectivity index (χ2n) is 6.53. The van der Waals surface area contributed by atoms with Crippen LogP contribution in [0.5, 0.6) is 5.75 Å². The minimum atomic E-state index is -1.09. The normalized spacial score (nSPS) is 29.5. The number of esters is 1. The van der Waals surface area contributed by atoms with E-state index in [0.717, 1.165) is 10.8 Å². The Morgan fingerprint density at radius 3 is 2.52 bits per heavy atom. The van der Waals surface area contributed by atoms with Gasteiger partial charge in [-0.3, -0.25) is 4.79 Å². The van der Waals surface area contributed by atoms with E-state index >= 15 is 0 Å². The van der Waals surface area contributed by atoms with Gasteiger partial charge in [0.1, 0.15) is 24.6 Å². The smallest absolute Gasteiger partial charge is 0.302 e. The third kappa shape index (κ3) is 3.61. The van der Waals surface area contributed by atoms with Gasteiger partial charge in [0, 0.05) is 12.8 Å². The second-order valence-corrected chi connectivity index (χ2v) is 6.53. The number of phenols is 1. The van der Waals surface area contributed by atoms with Crippen LogP contribution in [0.2, 0.25) is 0 Å². The van der Waals surface area contributed by atoms with E-state index in [9.17, 15) is 20.1 Å². The van der Waals surface area contributed by atoms with Crippen molar-refractivity contribution in [3.05, 3.63) is 42.0 Å². The molecule has 1 heterocycles. The molecule has 3 N–H and O–H groups in total. The maximum Gasteiger partial charge on any atom is 0.302 e. The maximum atomic E-state index is 11.1. The van der Waals surface area contributed by atoms with Crippen molar-refractivity contribution in [2.24, 2.45) is 5.92 Å². The van der Waals surface area contributed by atoms with Gasteiger partial charge in [-0.2, -0.15) is 0 Å². The Bertz CT molecular complexity index is 774. The standard InChI is InChI=1S/C19H22O6/c1-10-16(9-24-11(2)20)25-19(18(23)17(10)22)14-4-3-13-8-15(21)6-5-12(13)7-14/h3-8,10,16-19,21-23H,9H2,1-2H3/t10-,16-,17+,18+,19-/m1/s1. The fourth-order valence-electron chi connectivity index (χ4n) is 3.20. The van der Waals surface area contributed by atoms with Gasteiger partial charge in [-0.1, -0.05) is 25.1 Å². The molecule has 0 spiro atoms. The molecule has 6 nitrogen and oxygen atoms in total. The van der Waals surface area contributed by atoms with E-state index < -0.39 is 30.4 Å². The number of aliphatic hydroxyl groups excluding tert-OH is 2. The summed E-state index contributed by atoms with van der Waals surface area (Å²) in [6, 6.07) is 10.5. The van der Waals surface area contributed by atoms with Crippen LogP contribution in [-0.2, 0) is 14.3 Å². The van der Waals surface area contributed by atoms with E-state index in [0.29, 0.717) is 5.56 Å². The molecule has 0 aromatic heterocycles. The zero-order valence-electron chi connectivity index (χ0n) is 14.1. The van der Waals surface area contributed by atoms with Crippen LogP contribution >= 0.6 is 0 Å². The van der Waals surface area contributed by atoms with E-state index in [2.05, 4.69) is 0 Å². The van der Waals surface area contributed by atoms with Gasteiger partial charge in [-0.25, -0.2) is 0 Å². The lowest BCUT2D eigenvalue weighted by Gasteiger charge is -2.41. The summed E-state index contributed by atoms with van der Waals surface area (Å²) in [5.41, 5.74) is 0.712. The van der Waals surface area contributed by atoms with E-state index in [1.54, 1.807) is 31.2 Å². The van der Waals surface area contributed by atoms with E-state index in [4.69, 9.17) is 9.47 Å². The molecule has 2 aromatic carbocycles. The Balaban J connectivity index is 1.88. The third-order valence-electron chi connectivity index (χ3n) is 4.73. The van der Waals surface area contributed by atoms with Crippen LogP contribution in [-0.4, -0.2) is 46.2 Å². The zero-order valence-corrected chi connectivity index (χ0v) is 14.1. The quantitative estimate of drug-likeness (QED) is 0.735. The number of phenolic OH excluding ortho intramolecular Hbond substituents is 1. The van der Waals surface area contributed by atoms with Crippen molar-refractivity contribution in [1.82, 2.24) is 0 Å². The highest BCUT2D eigenvalue weighted by molar-refractivity contribution is 5.84. The summed E-state index contributed by atoms with van der Waals surface area (Å²) in [5, 5.41) is 32.1. The maximum absolute atomic E-state index is 11.1. The van der Waals surface area contributed by atoms with Crippen LogP contribution in [0.4, 0.5) is 0 Å². The Labute approximate surface area is 145 Å². The molecule has 0 saturated carbocycles. The van der Waals surface area contributed by atoms with Gasteiger partial charge in [-0.15, -0.1) is 0 Å². The Hall–Kier alpha value is -2.15. The summed E-state index contributed by atoms with van der Waals surface area (Å²) >= 11 is 0. The molecule has 1 fully saturated rings. The van der Waals surface area contributed by atoms with Crippen LogP contribution in [0, 0.1) is 5.92 Å². The van der Waals surface area contributed by atoms with Gasteiger partial charge < -0.3 is 24.8 Å². The minimum absolute atomic E-state index is 0.0260. The number of hydrogen-bond acceptors (Lipinski definition) is 6. The lowest BCUT2D eigenvalue weighted by atomic mass is 9.85. The highest BCUT2D eigenvalue weighted by Crippen LogP contribution is 2.36. The van der Waals surface area contributed by atoms with Crippen molar-refractivity contribution in [1.29, 1.82) is 0 Å². The molecule has 1 aliphatic rings. The number of ether oxygens (including phenoxy) is 2. The first-order valence-electron chi connectivity index (χ1n) is 8.24. The van der Waals surface area contributed by atoms with Gasteiger partial charge >= 0.3 is 5.97 Å². The van der Waals surface area contributed by atoms with E-state index in [-0.39, 0.29) is 18.3 Å². The highest BCUT2D eigenvalue weighted by atomic mass is 16.6. The van der Waals surface area contributed by atoms with Gasteiger partial charge in [0.2, 0.25) is 0 Å². The molecular formula is C19H22O6. The molecule has 0 amide bonds. The fraction of sp³-hybridized carbons (Fsp3) is 0.421. The number of fused-ring (bicyclic) bond motifs is 1. The highest BCUT2D eigenvalue weighted by Gasteiger charge is 2.43. The van der Waals surface area contributed by atoms with Gasteiger partial charge in [0.25, 0.3) is 0 Å². The van der Waals surface area contributed by atoms with Crippen LogP contribution in [0.25, 0.3) is 10.8 Å².